The molecule has 2 aliphatic carbocycles. The van der Waals surface area contributed by atoms with Gasteiger partial charge in [0.2, 0.25) is 17.6 Å². The number of fused-ring (bicyclic) bond motifs is 1. The molecule has 0 saturated heterocycles. The second-order valence-electron chi connectivity index (χ2n) is 10.6. The summed E-state index contributed by atoms with van der Waals surface area (Å²) < 4.78 is 12.4. The van der Waals surface area contributed by atoms with Crippen molar-refractivity contribution in [2.24, 2.45) is 0 Å². The number of hydrogen-bond acceptors (Lipinski definition) is 7. The van der Waals surface area contributed by atoms with Crippen LogP contribution in [0.25, 0.3) is 28.1 Å². The quantitative estimate of drug-likeness (QED) is 0.236. The zero-order valence-electron chi connectivity index (χ0n) is 21.9. The lowest BCUT2D eigenvalue weighted by molar-refractivity contribution is -0.124. The molecule has 2 N–H and O–H groups in total. The summed E-state index contributed by atoms with van der Waals surface area (Å²) in [6, 6.07) is 14.9. The van der Waals surface area contributed by atoms with Gasteiger partial charge in [0.15, 0.2) is 5.69 Å². The first-order valence-electron chi connectivity index (χ1n) is 13.3. The largest absolute Gasteiger partial charge is 0.360 e. The lowest BCUT2D eigenvalue weighted by Crippen LogP contribution is -2.48. The first-order chi connectivity index (χ1) is 19.8. The zero-order valence-corrected chi connectivity index (χ0v) is 23.4. The van der Waals surface area contributed by atoms with Crippen molar-refractivity contribution in [1.29, 1.82) is 0 Å². The Balaban J connectivity index is 1.08. The van der Waals surface area contributed by atoms with Crippen molar-refractivity contribution < 1.29 is 18.6 Å². The molecule has 12 heteroatoms. The minimum Gasteiger partial charge on any atom is -0.360 e. The molecule has 0 spiro atoms. The summed E-state index contributed by atoms with van der Waals surface area (Å²) >= 11 is 13.1. The van der Waals surface area contributed by atoms with E-state index in [0.29, 0.717) is 52.8 Å². The molecule has 2 amide bonds. The normalized spacial score (nSPS) is 15.7. The molecule has 2 aliphatic rings. The summed E-state index contributed by atoms with van der Waals surface area (Å²) in [6.45, 7) is 2.01. The van der Waals surface area contributed by atoms with E-state index in [9.17, 15) is 9.59 Å². The molecule has 2 fully saturated rings. The Morgan fingerprint density at radius 2 is 1.83 bits per heavy atom. The van der Waals surface area contributed by atoms with Crippen LogP contribution in [-0.4, -0.2) is 37.2 Å². The average molecular weight is 591 g/mol. The molecule has 0 radical (unpaired) electrons. The topological polar surface area (TPSA) is 128 Å². The highest BCUT2D eigenvalue weighted by Crippen LogP contribution is 2.41. The minimum atomic E-state index is -0.921. The van der Waals surface area contributed by atoms with Crippen LogP contribution in [0.15, 0.2) is 57.6 Å². The Morgan fingerprint density at radius 1 is 1.05 bits per heavy atom. The first-order valence-corrected chi connectivity index (χ1v) is 14.0. The van der Waals surface area contributed by atoms with Crippen molar-refractivity contribution in [3.05, 3.63) is 81.5 Å². The lowest BCUT2D eigenvalue weighted by Gasteiger charge is -2.17. The van der Waals surface area contributed by atoms with E-state index in [2.05, 4.69) is 25.9 Å². The second-order valence-corrected chi connectivity index (χ2v) is 11.4. The van der Waals surface area contributed by atoms with Gasteiger partial charge < -0.3 is 24.2 Å². The van der Waals surface area contributed by atoms with Gasteiger partial charge in [-0.15, -0.1) is 0 Å². The number of carbonyl (C=O) groups excluding carboxylic acids is 2. The van der Waals surface area contributed by atoms with Gasteiger partial charge in [-0.2, -0.15) is 4.98 Å². The van der Waals surface area contributed by atoms with Crippen molar-refractivity contribution in [2.75, 3.05) is 0 Å². The van der Waals surface area contributed by atoms with Crippen LogP contribution in [0.3, 0.4) is 0 Å². The number of benzene rings is 2. The fraction of sp³-hybridized carbons (Fsp3) is 0.276. The Bertz CT molecular complexity index is 1810. The van der Waals surface area contributed by atoms with E-state index in [1.807, 2.05) is 34.9 Å². The predicted molar refractivity (Wildman–Crippen MR) is 151 cm³/mol. The smallest absolute Gasteiger partial charge is 0.274 e. The average Bonchev–Trinajstić information content (AvgIpc) is 3.85. The molecule has 3 heterocycles. The van der Waals surface area contributed by atoms with E-state index in [1.54, 1.807) is 25.1 Å². The van der Waals surface area contributed by atoms with Crippen LogP contribution in [0.4, 0.5) is 0 Å². The highest BCUT2D eigenvalue weighted by molar-refractivity contribution is 6.39. The fourth-order valence-electron chi connectivity index (χ4n) is 4.97. The molecule has 208 valence electrons. The van der Waals surface area contributed by atoms with Gasteiger partial charge in [-0.1, -0.05) is 45.6 Å². The van der Waals surface area contributed by atoms with Gasteiger partial charge in [0.1, 0.15) is 17.0 Å². The van der Waals surface area contributed by atoms with Gasteiger partial charge in [-0.25, -0.2) is 0 Å². The van der Waals surface area contributed by atoms with Crippen LogP contribution in [-0.2, 0) is 11.3 Å². The number of aromatic nitrogens is 4. The highest BCUT2D eigenvalue weighted by atomic mass is 35.5. The van der Waals surface area contributed by atoms with E-state index < -0.39 is 11.4 Å². The lowest BCUT2D eigenvalue weighted by atomic mass is 10.1. The summed E-state index contributed by atoms with van der Waals surface area (Å²) in [5.74, 6) is 1.24. The summed E-state index contributed by atoms with van der Waals surface area (Å²) in [7, 11) is 0. The highest BCUT2D eigenvalue weighted by Gasteiger charge is 2.51. The Kier molecular flexibility index (Phi) is 6.13. The molecule has 41 heavy (non-hydrogen) atoms. The third kappa shape index (κ3) is 4.76. The summed E-state index contributed by atoms with van der Waals surface area (Å²) in [5.41, 5.74) is 2.41. The molecule has 0 atom stereocenters. The molecule has 0 aliphatic heterocycles. The van der Waals surface area contributed by atoms with Crippen molar-refractivity contribution in [3.63, 3.8) is 0 Å². The number of aryl methyl sites for hydroxylation is 1. The first kappa shape index (κ1) is 25.8. The monoisotopic (exact) mass is 590 g/mol. The van der Waals surface area contributed by atoms with Gasteiger partial charge in [0.05, 0.1) is 10.5 Å². The van der Waals surface area contributed by atoms with Gasteiger partial charge in [-0.3, -0.25) is 9.59 Å². The summed E-state index contributed by atoms with van der Waals surface area (Å²) in [5, 5.41) is 15.6. The molecular formula is C29H24Cl2N6O4. The fourth-order valence-corrected chi connectivity index (χ4v) is 5.47. The Hall–Kier alpha value is -4.15. The van der Waals surface area contributed by atoms with E-state index in [0.717, 1.165) is 40.8 Å². The SMILES string of the molecule is Cc1nc(-c2c(Cl)c3cc(Cl)ccc3n2-c2ccc(CNC(=O)C3(NC(=O)c4cc(C5CC5)on4)CC3)cc2)no1. The maximum absolute atomic E-state index is 13.0. The molecule has 10 nitrogen and oxygen atoms in total. The van der Waals surface area contributed by atoms with E-state index in [1.165, 1.54) is 0 Å². The predicted octanol–water partition coefficient (Wildman–Crippen LogP) is 5.74. The summed E-state index contributed by atoms with van der Waals surface area (Å²) in [6.07, 6.45) is 3.24. The third-order valence-electron chi connectivity index (χ3n) is 7.53. The van der Waals surface area contributed by atoms with Gasteiger partial charge in [0, 0.05) is 41.5 Å². The Morgan fingerprint density at radius 3 is 2.51 bits per heavy atom. The van der Waals surface area contributed by atoms with Crippen molar-refractivity contribution in [1.82, 2.24) is 30.5 Å². The van der Waals surface area contributed by atoms with Crippen LogP contribution in [0.5, 0.6) is 0 Å². The number of halogens is 2. The van der Waals surface area contributed by atoms with E-state index in [-0.39, 0.29) is 11.6 Å². The number of carbonyl (C=O) groups is 2. The van der Waals surface area contributed by atoms with Crippen LogP contribution >= 0.6 is 23.2 Å². The maximum Gasteiger partial charge on any atom is 0.274 e. The van der Waals surface area contributed by atoms with Gasteiger partial charge in [-0.05, 0) is 61.6 Å². The molecule has 7 rings (SSSR count). The standard InChI is InChI=1S/C29H24Cl2N6O4/c1-15-33-26(36-40-15)25-24(31)20-12-18(30)6-9-22(20)37(25)19-7-2-16(3-8-19)14-32-28(39)29(10-11-29)34-27(38)21-13-23(41-35-21)17-4-5-17/h2-3,6-9,12-13,17H,4-5,10-11,14H2,1H3,(H,32,39)(H,34,38). The molecule has 3 aromatic heterocycles. The van der Waals surface area contributed by atoms with E-state index >= 15 is 0 Å². The molecule has 0 unspecified atom stereocenters. The zero-order chi connectivity index (χ0) is 28.3. The molecule has 0 bridgehead atoms. The summed E-state index contributed by atoms with van der Waals surface area (Å²) in [4.78, 5) is 30.1. The minimum absolute atomic E-state index is 0.205. The Labute approximate surface area is 244 Å². The molecule has 2 saturated carbocycles. The third-order valence-corrected chi connectivity index (χ3v) is 8.15. The maximum atomic E-state index is 13.0. The molecular weight excluding hydrogens is 567 g/mol. The van der Waals surface area contributed by atoms with E-state index in [4.69, 9.17) is 32.2 Å². The molecule has 2 aromatic carbocycles. The second kappa shape index (κ2) is 9.74. The number of amides is 2. The van der Waals surface area contributed by atoms with Crippen LogP contribution in [0, 0.1) is 6.92 Å². The van der Waals surface area contributed by atoms with Crippen molar-refractivity contribution >= 4 is 45.9 Å². The van der Waals surface area contributed by atoms with Crippen molar-refractivity contribution in [3.8, 4) is 17.2 Å². The van der Waals surface area contributed by atoms with Crippen molar-refractivity contribution in [2.45, 2.75) is 50.6 Å². The number of rotatable bonds is 8. The number of nitrogens with one attached hydrogen (secondary N) is 2. The number of nitrogens with zero attached hydrogens (tertiary/aromatic N) is 4. The van der Waals surface area contributed by atoms with Gasteiger partial charge in [0.25, 0.3) is 5.91 Å². The van der Waals surface area contributed by atoms with Gasteiger partial charge >= 0.3 is 0 Å². The molecule has 5 aromatic rings. The van der Waals surface area contributed by atoms with Crippen LogP contribution in [0.1, 0.15) is 59.3 Å². The number of hydrogen-bond donors (Lipinski definition) is 2. The van der Waals surface area contributed by atoms with Crippen LogP contribution in [0.2, 0.25) is 10.0 Å². The van der Waals surface area contributed by atoms with Crippen LogP contribution < -0.4 is 10.6 Å².